The highest BCUT2D eigenvalue weighted by Crippen LogP contribution is 2.27. The lowest BCUT2D eigenvalue weighted by Crippen LogP contribution is -2.39. The van der Waals surface area contributed by atoms with Crippen molar-refractivity contribution >= 4 is 5.91 Å². The van der Waals surface area contributed by atoms with E-state index in [0.717, 1.165) is 31.6 Å². The molecular formula is C16H27N3O2. The van der Waals surface area contributed by atoms with Gasteiger partial charge in [-0.1, -0.05) is 20.8 Å². The molecule has 1 atom stereocenters. The van der Waals surface area contributed by atoms with E-state index >= 15 is 0 Å². The van der Waals surface area contributed by atoms with Crippen LogP contribution in [0.4, 0.5) is 0 Å². The van der Waals surface area contributed by atoms with E-state index in [4.69, 9.17) is 0 Å². The lowest BCUT2D eigenvalue weighted by Gasteiger charge is -2.32. The zero-order chi connectivity index (χ0) is 15.5. The van der Waals surface area contributed by atoms with Crippen molar-refractivity contribution in [2.75, 3.05) is 13.1 Å². The maximum absolute atomic E-state index is 12.2. The number of aromatic amines is 1. The monoisotopic (exact) mass is 293 g/mol. The van der Waals surface area contributed by atoms with E-state index in [1.54, 1.807) is 6.20 Å². The number of rotatable bonds is 4. The topological polar surface area (TPSA) is 69.2 Å². The zero-order valence-electron chi connectivity index (χ0n) is 13.3. The SMILES string of the molecule is CC(C)(C)C[C@@H](O)CC(=O)N1CCC(c2ccn[nH]2)CC1. The van der Waals surface area contributed by atoms with E-state index < -0.39 is 6.10 Å². The number of piperidine rings is 1. The summed E-state index contributed by atoms with van der Waals surface area (Å²) in [7, 11) is 0. The molecule has 1 fully saturated rings. The third-order valence-corrected chi connectivity index (χ3v) is 4.07. The molecule has 2 heterocycles. The predicted octanol–water partition coefficient (Wildman–Crippen LogP) is 2.30. The van der Waals surface area contributed by atoms with Gasteiger partial charge < -0.3 is 10.0 Å². The average Bonchev–Trinajstić information content (AvgIpc) is 2.90. The van der Waals surface area contributed by atoms with Gasteiger partial charge in [-0.2, -0.15) is 5.10 Å². The Morgan fingerprint density at radius 2 is 2.14 bits per heavy atom. The van der Waals surface area contributed by atoms with Crippen LogP contribution in [0.1, 0.15) is 58.1 Å². The minimum Gasteiger partial charge on any atom is -0.393 e. The second-order valence-electron chi connectivity index (χ2n) is 7.29. The normalized spacial score (nSPS) is 18.8. The summed E-state index contributed by atoms with van der Waals surface area (Å²) in [6, 6.07) is 2.01. The van der Waals surface area contributed by atoms with Crippen LogP contribution in [0, 0.1) is 5.41 Å². The summed E-state index contributed by atoms with van der Waals surface area (Å²) in [5, 5.41) is 17.0. The van der Waals surface area contributed by atoms with Gasteiger partial charge in [0.1, 0.15) is 0 Å². The summed E-state index contributed by atoms with van der Waals surface area (Å²) in [4.78, 5) is 14.1. The Morgan fingerprint density at radius 1 is 1.48 bits per heavy atom. The molecule has 1 amide bonds. The number of hydrogen-bond acceptors (Lipinski definition) is 3. The van der Waals surface area contributed by atoms with Crippen molar-refractivity contribution in [3.63, 3.8) is 0 Å². The average molecular weight is 293 g/mol. The van der Waals surface area contributed by atoms with Crippen LogP contribution in [0.2, 0.25) is 0 Å². The first-order valence-corrected chi connectivity index (χ1v) is 7.80. The molecule has 118 valence electrons. The van der Waals surface area contributed by atoms with Crippen molar-refractivity contribution in [3.8, 4) is 0 Å². The molecule has 0 bridgehead atoms. The number of aliphatic hydroxyl groups excluding tert-OH is 1. The van der Waals surface area contributed by atoms with Crippen molar-refractivity contribution in [2.45, 2.75) is 58.5 Å². The summed E-state index contributed by atoms with van der Waals surface area (Å²) in [6.07, 6.45) is 4.06. The van der Waals surface area contributed by atoms with Gasteiger partial charge in [-0.05, 0) is 30.7 Å². The molecule has 1 aromatic rings. The molecule has 1 saturated heterocycles. The van der Waals surface area contributed by atoms with E-state index in [9.17, 15) is 9.90 Å². The van der Waals surface area contributed by atoms with Crippen LogP contribution >= 0.6 is 0 Å². The third-order valence-electron chi connectivity index (χ3n) is 4.07. The summed E-state index contributed by atoms with van der Waals surface area (Å²) < 4.78 is 0. The molecule has 1 aromatic heterocycles. The molecule has 0 unspecified atom stereocenters. The molecule has 2 N–H and O–H groups in total. The van der Waals surface area contributed by atoms with Crippen molar-refractivity contribution < 1.29 is 9.90 Å². The fourth-order valence-corrected chi connectivity index (χ4v) is 3.04. The molecular weight excluding hydrogens is 266 g/mol. The van der Waals surface area contributed by atoms with E-state index in [2.05, 4.69) is 31.0 Å². The Morgan fingerprint density at radius 3 is 2.67 bits per heavy atom. The fourth-order valence-electron chi connectivity index (χ4n) is 3.04. The Bertz CT molecular complexity index is 443. The maximum Gasteiger partial charge on any atom is 0.225 e. The number of nitrogens with one attached hydrogen (secondary N) is 1. The summed E-state index contributed by atoms with van der Waals surface area (Å²) in [5.41, 5.74) is 1.21. The molecule has 5 nitrogen and oxygen atoms in total. The molecule has 2 rings (SSSR count). The molecule has 0 aliphatic carbocycles. The van der Waals surface area contributed by atoms with Crippen LogP contribution in [0.25, 0.3) is 0 Å². The van der Waals surface area contributed by atoms with Gasteiger partial charge in [-0.15, -0.1) is 0 Å². The predicted molar refractivity (Wildman–Crippen MR) is 81.8 cm³/mol. The fraction of sp³-hybridized carbons (Fsp3) is 0.750. The number of H-pyrrole nitrogens is 1. The van der Waals surface area contributed by atoms with Gasteiger partial charge in [0.15, 0.2) is 0 Å². The largest absolute Gasteiger partial charge is 0.393 e. The molecule has 0 aromatic carbocycles. The lowest BCUT2D eigenvalue weighted by molar-refractivity contribution is -0.134. The van der Waals surface area contributed by atoms with Crippen molar-refractivity contribution in [2.24, 2.45) is 5.41 Å². The molecule has 0 spiro atoms. The van der Waals surface area contributed by atoms with Gasteiger partial charge in [0.05, 0.1) is 12.5 Å². The third kappa shape index (κ3) is 4.84. The molecule has 1 aliphatic rings. The molecule has 0 saturated carbocycles. The second kappa shape index (κ2) is 6.60. The highest BCUT2D eigenvalue weighted by Gasteiger charge is 2.26. The van der Waals surface area contributed by atoms with E-state index in [1.807, 2.05) is 11.0 Å². The van der Waals surface area contributed by atoms with Crippen molar-refractivity contribution in [1.82, 2.24) is 15.1 Å². The lowest BCUT2D eigenvalue weighted by atomic mass is 9.88. The van der Waals surface area contributed by atoms with Crippen molar-refractivity contribution in [1.29, 1.82) is 0 Å². The molecule has 21 heavy (non-hydrogen) atoms. The highest BCUT2D eigenvalue weighted by atomic mass is 16.3. The number of nitrogens with zero attached hydrogens (tertiary/aromatic N) is 2. The number of carbonyl (C=O) groups excluding carboxylic acids is 1. The first-order chi connectivity index (χ1) is 9.85. The Hall–Kier alpha value is -1.36. The van der Waals surface area contributed by atoms with Crippen LogP contribution < -0.4 is 0 Å². The van der Waals surface area contributed by atoms with Gasteiger partial charge in [0.25, 0.3) is 0 Å². The van der Waals surface area contributed by atoms with Crippen LogP contribution in [0.5, 0.6) is 0 Å². The summed E-state index contributed by atoms with van der Waals surface area (Å²) in [6.45, 7) is 7.78. The summed E-state index contributed by atoms with van der Waals surface area (Å²) in [5.74, 6) is 0.547. The quantitative estimate of drug-likeness (QED) is 0.895. The number of amides is 1. The van der Waals surface area contributed by atoms with Gasteiger partial charge >= 0.3 is 0 Å². The highest BCUT2D eigenvalue weighted by molar-refractivity contribution is 5.76. The molecule has 0 radical (unpaired) electrons. The van der Waals surface area contributed by atoms with E-state index in [-0.39, 0.29) is 17.7 Å². The minimum atomic E-state index is -0.539. The second-order valence-corrected chi connectivity index (χ2v) is 7.29. The maximum atomic E-state index is 12.2. The number of likely N-dealkylation sites (tertiary alicyclic amines) is 1. The van der Waals surface area contributed by atoms with Crippen molar-refractivity contribution in [3.05, 3.63) is 18.0 Å². The van der Waals surface area contributed by atoms with Gasteiger partial charge in [0, 0.05) is 30.9 Å². The zero-order valence-corrected chi connectivity index (χ0v) is 13.3. The summed E-state index contributed by atoms with van der Waals surface area (Å²) >= 11 is 0. The van der Waals surface area contributed by atoms with Gasteiger partial charge in [-0.3, -0.25) is 9.89 Å². The molecule has 1 aliphatic heterocycles. The number of aliphatic hydroxyl groups is 1. The van der Waals surface area contributed by atoms with E-state index in [1.165, 1.54) is 0 Å². The molecule has 5 heteroatoms. The van der Waals surface area contributed by atoms with E-state index in [0.29, 0.717) is 12.3 Å². The number of carbonyl (C=O) groups is 1. The Labute approximate surface area is 126 Å². The Balaban J connectivity index is 1.78. The smallest absolute Gasteiger partial charge is 0.225 e. The number of hydrogen-bond donors (Lipinski definition) is 2. The minimum absolute atomic E-state index is 0.0489. The van der Waals surface area contributed by atoms with Gasteiger partial charge in [0.2, 0.25) is 5.91 Å². The van der Waals surface area contributed by atoms with Crippen LogP contribution in [0.15, 0.2) is 12.3 Å². The first-order valence-electron chi connectivity index (χ1n) is 7.80. The standard InChI is InChI=1S/C16H27N3O2/c1-16(2,3)11-13(20)10-15(21)19-8-5-12(6-9-19)14-4-7-17-18-14/h4,7,12-13,20H,5-6,8-11H2,1-3H3,(H,17,18)/t13-/m0/s1. The Kier molecular flexibility index (Phi) is 5.04. The van der Waals surface area contributed by atoms with Crippen LogP contribution in [-0.4, -0.2) is 45.3 Å². The first kappa shape index (κ1) is 16.0. The van der Waals surface area contributed by atoms with Crippen LogP contribution in [0.3, 0.4) is 0 Å². The number of aromatic nitrogens is 2. The van der Waals surface area contributed by atoms with Gasteiger partial charge in [-0.25, -0.2) is 0 Å². The van der Waals surface area contributed by atoms with Crippen LogP contribution in [-0.2, 0) is 4.79 Å².